The van der Waals surface area contributed by atoms with Crippen molar-refractivity contribution in [2.75, 3.05) is 5.32 Å². The van der Waals surface area contributed by atoms with E-state index in [2.05, 4.69) is 25.2 Å². The molecule has 2 rings (SSSR count). The fourth-order valence-electron chi connectivity index (χ4n) is 1.94. The van der Waals surface area contributed by atoms with E-state index in [1.165, 1.54) is 11.1 Å². The molecule has 1 aliphatic heterocycles. The van der Waals surface area contributed by atoms with Gasteiger partial charge in [0.05, 0.1) is 0 Å². The molecule has 1 N–H and O–H groups in total. The third-order valence-corrected chi connectivity index (χ3v) is 2.85. The highest BCUT2D eigenvalue weighted by Crippen LogP contribution is 2.27. The van der Waals surface area contributed by atoms with Gasteiger partial charge in [-0.25, -0.2) is 0 Å². The zero-order chi connectivity index (χ0) is 10.1. The summed E-state index contributed by atoms with van der Waals surface area (Å²) in [5.74, 6) is 0.327. The minimum atomic E-state index is 0.157. The number of carbonyl (C=O) groups excluding carboxylic acids is 1. The molecule has 1 heterocycles. The van der Waals surface area contributed by atoms with Crippen LogP contribution in [0.25, 0.3) is 0 Å². The van der Waals surface area contributed by atoms with Crippen LogP contribution in [0.5, 0.6) is 0 Å². The molecule has 14 heavy (non-hydrogen) atoms. The smallest absolute Gasteiger partial charge is 0.227 e. The van der Waals surface area contributed by atoms with Crippen LogP contribution in [0.3, 0.4) is 0 Å². The minimum Gasteiger partial charge on any atom is -0.326 e. The molecule has 1 aromatic rings. The first-order chi connectivity index (χ1) is 6.70. The maximum atomic E-state index is 11.6. The highest BCUT2D eigenvalue weighted by atomic mass is 16.1. The van der Waals surface area contributed by atoms with Gasteiger partial charge in [0.25, 0.3) is 0 Å². The summed E-state index contributed by atoms with van der Waals surface area (Å²) in [4.78, 5) is 11.6. The second-order valence-corrected chi connectivity index (χ2v) is 3.96. The van der Waals surface area contributed by atoms with Crippen molar-refractivity contribution in [3.05, 3.63) is 29.3 Å². The Kier molecular flexibility index (Phi) is 2.28. The van der Waals surface area contributed by atoms with Crippen LogP contribution >= 0.6 is 0 Å². The SMILES string of the molecule is CCC1Cc2cc(C)ccc2NC1=O. The van der Waals surface area contributed by atoms with E-state index in [0.29, 0.717) is 0 Å². The molecule has 0 bridgehead atoms. The lowest BCUT2D eigenvalue weighted by molar-refractivity contribution is -0.120. The first kappa shape index (κ1) is 9.25. The number of benzene rings is 1. The molecule has 1 atom stereocenters. The summed E-state index contributed by atoms with van der Waals surface area (Å²) in [5, 5.41) is 2.95. The molecule has 1 amide bonds. The second-order valence-electron chi connectivity index (χ2n) is 3.96. The van der Waals surface area contributed by atoms with E-state index in [0.717, 1.165) is 18.5 Å². The number of anilines is 1. The van der Waals surface area contributed by atoms with Gasteiger partial charge in [0.2, 0.25) is 5.91 Å². The van der Waals surface area contributed by atoms with Gasteiger partial charge >= 0.3 is 0 Å². The van der Waals surface area contributed by atoms with Crippen LogP contribution in [0.2, 0.25) is 0 Å². The molecule has 0 saturated carbocycles. The Morgan fingerprint density at radius 2 is 2.29 bits per heavy atom. The Morgan fingerprint density at radius 1 is 1.50 bits per heavy atom. The number of fused-ring (bicyclic) bond motifs is 1. The first-order valence-corrected chi connectivity index (χ1v) is 5.11. The molecule has 0 fully saturated rings. The number of hydrogen-bond acceptors (Lipinski definition) is 1. The topological polar surface area (TPSA) is 29.1 Å². The molecule has 2 nitrogen and oxygen atoms in total. The Balaban J connectivity index is 2.36. The molecule has 1 aromatic carbocycles. The van der Waals surface area contributed by atoms with Crippen molar-refractivity contribution in [1.29, 1.82) is 0 Å². The second kappa shape index (κ2) is 3.45. The van der Waals surface area contributed by atoms with Gasteiger partial charge < -0.3 is 5.32 Å². The lowest BCUT2D eigenvalue weighted by Crippen LogP contribution is -2.29. The van der Waals surface area contributed by atoms with Gasteiger partial charge in [-0.3, -0.25) is 4.79 Å². The zero-order valence-corrected chi connectivity index (χ0v) is 8.63. The van der Waals surface area contributed by atoms with Gasteiger partial charge in [-0.1, -0.05) is 24.6 Å². The standard InChI is InChI=1S/C12H15NO/c1-3-9-7-10-6-8(2)4-5-11(10)13-12(9)14/h4-6,9H,3,7H2,1-2H3,(H,13,14). The van der Waals surface area contributed by atoms with Gasteiger partial charge in [-0.05, 0) is 31.4 Å². The molecular weight excluding hydrogens is 174 g/mol. The summed E-state index contributed by atoms with van der Waals surface area (Å²) in [6.07, 6.45) is 1.80. The average molecular weight is 189 g/mol. The van der Waals surface area contributed by atoms with E-state index in [9.17, 15) is 4.79 Å². The molecule has 74 valence electrons. The lowest BCUT2D eigenvalue weighted by atomic mass is 9.90. The molecule has 1 unspecified atom stereocenters. The summed E-state index contributed by atoms with van der Waals surface area (Å²) in [6.45, 7) is 4.14. The van der Waals surface area contributed by atoms with E-state index in [1.54, 1.807) is 0 Å². The van der Waals surface area contributed by atoms with Crippen molar-refractivity contribution in [3.63, 3.8) is 0 Å². The summed E-state index contributed by atoms with van der Waals surface area (Å²) < 4.78 is 0. The largest absolute Gasteiger partial charge is 0.326 e. The molecule has 0 aliphatic carbocycles. The van der Waals surface area contributed by atoms with E-state index < -0.39 is 0 Å². The van der Waals surface area contributed by atoms with Crippen LogP contribution in [0.15, 0.2) is 18.2 Å². The van der Waals surface area contributed by atoms with Crippen molar-refractivity contribution >= 4 is 11.6 Å². The summed E-state index contributed by atoms with van der Waals surface area (Å²) >= 11 is 0. The average Bonchev–Trinajstić information content (AvgIpc) is 2.17. The van der Waals surface area contributed by atoms with Crippen molar-refractivity contribution < 1.29 is 4.79 Å². The maximum absolute atomic E-state index is 11.6. The fraction of sp³-hybridized carbons (Fsp3) is 0.417. The molecule has 0 saturated heterocycles. The number of amides is 1. The van der Waals surface area contributed by atoms with Gasteiger partial charge in [0, 0.05) is 11.6 Å². The van der Waals surface area contributed by atoms with Gasteiger partial charge in [-0.15, -0.1) is 0 Å². The highest BCUT2D eigenvalue weighted by Gasteiger charge is 2.24. The zero-order valence-electron chi connectivity index (χ0n) is 8.63. The predicted octanol–water partition coefficient (Wildman–Crippen LogP) is 2.52. The van der Waals surface area contributed by atoms with E-state index in [1.807, 2.05) is 12.1 Å². The molecule has 1 aliphatic rings. The van der Waals surface area contributed by atoms with E-state index in [-0.39, 0.29) is 11.8 Å². The van der Waals surface area contributed by atoms with Crippen LogP contribution in [0.4, 0.5) is 5.69 Å². The van der Waals surface area contributed by atoms with Crippen molar-refractivity contribution in [2.24, 2.45) is 5.92 Å². The number of aryl methyl sites for hydroxylation is 1. The lowest BCUT2D eigenvalue weighted by Gasteiger charge is -2.23. The fourth-order valence-corrected chi connectivity index (χ4v) is 1.94. The van der Waals surface area contributed by atoms with Gasteiger partial charge in [-0.2, -0.15) is 0 Å². The molecular formula is C12H15NO. The van der Waals surface area contributed by atoms with Gasteiger partial charge in [0.1, 0.15) is 0 Å². The number of hydrogen-bond donors (Lipinski definition) is 1. The van der Waals surface area contributed by atoms with Gasteiger partial charge in [0.15, 0.2) is 0 Å². The summed E-state index contributed by atoms with van der Waals surface area (Å²) in [6, 6.07) is 6.19. The Morgan fingerprint density at radius 3 is 3.00 bits per heavy atom. The van der Waals surface area contributed by atoms with Crippen LogP contribution in [-0.2, 0) is 11.2 Å². The summed E-state index contributed by atoms with van der Waals surface area (Å²) in [5.41, 5.74) is 3.52. The number of rotatable bonds is 1. The van der Waals surface area contributed by atoms with Crippen LogP contribution < -0.4 is 5.32 Å². The third-order valence-electron chi connectivity index (χ3n) is 2.85. The number of carbonyl (C=O) groups is 1. The minimum absolute atomic E-state index is 0.157. The Labute approximate surface area is 84.3 Å². The maximum Gasteiger partial charge on any atom is 0.227 e. The first-order valence-electron chi connectivity index (χ1n) is 5.11. The van der Waals surface area contributed by atoms with Crippen LogP contribution in [-0.4, -0.2) is 5.91 Å². The number of nitrogens with one attached hydrogen (secondary N) is 1. The van der Waals surface area contributed by atoms with Crippen LogP contribution in [0.1, 0.15) is 24.5 Å². The molecule has 0 aromatic heterocycles. The molecule has 2 heteroatoms. The normalized spacial score (nSPS) is 20.1. The van der Waals surface area contributed by atoms with Crippen molar-refractivity contribution in [3.8, 4) is 0 Å². The summed E-state index contributed by atoms with van der Waals surface area (Å²) in [7, 11) is 0. The molecule has 0 radical (unpaired) electrons. The van der Waals surface area contributed by atoms with Crippen molar-refractivity contribution in [1.82, 2.24) is 0 Å². The monoisotopic (exact) mass is 189 g/mol. The third kappa shape index (κ3) is 1.52. The molecule has 0 spiro atoms. The van der Waals surface area contributed by atoms with Crippen molar-refractivity contribution in [2.45, 2.75) is 26.7 Å². The van der Waals surface area contributed by atoms with E-state index in [4.69, 9.17) is 0 Å². The van der Waals surface area contributed by atoms with Crippen LogP contribution in [0, 0.1) is 12.8 Å². The highest BCUT2D eigenvalue weighted by molar-refractivity contribution is 5.95. The predicted molar refractivity (Wildman–Crippen MR) is 57.3 cm³/mol. The Hall–Kier alpha value is -1.31. The Bertz CT molecular complexity index is 371. The quantitative estimate of drug-likeness (QED) is 0.722. The van der Waals surface area contributed by atoms with E-state index >= 15 is 0 Å².